The van der Waals surface area contributed by atoms with Crippen molar-refractivity contribution in [1.29, 1.82) is 0 Å². The zero-order chi connectivity index (χ0) is 14.3. The van der Waals surface area contributed by atoms with E-state index in [2.05, 4.69) is 21.3 Å². The molecule has 0 amide bonds. The number of rotatable bonds is 3. The Hall–Kier alpha value is -0.640. The van der Waals surface area contributed by atoms with Gasteiger partial charge in [-0.05, 0) is 43.2 Å². The van der Waals surface area contributed by atoms with Crippen LogP contribution in [0.5, 0.6) is 0 Å². The summed E-state index contributed by atoms with van der Waals surface area (Å²) >= 11 is 6.35. The molecule has 3 fully saturated rings. The number of pyridine rings is 1. The Morgan fingerprint density at radius 3 is 2.86 bits per heavy atom. The molecule has 0 aromatic carbocycles. The second-order valence-electron chi connectivity index (χ2n) is 7.10. The Bertz CT molecular complexity index is 509. The molecule has 1 saturated heterocycles. The Morgan fingerprint density at radius 1 is 1.33 bits per heavy atom. The molecule has 1 N–H and O–H groups in total. The van der Waals surface area contributed by atoms with Crippen molar-refractivity contribution in [2.75, 3.05) is 13.1 Å². The molecule has 4 rings (SSSR count). The van der Waals surface area contributed by atoms with Gasteiger partial charge in [0.05, 0.1) is 5.02 Å². The summed E-state index contributed by atoms with van der Waals surface area (Å²) in [6, 6.07) is 2.77. The molecule has 3 nitrogen and oxygen atoms in total. The van der Waals surface area contributed by atoms with E-state index in [0.29, 0.717) is 11.6 Å². The van der Waals surface area contributed by atoms with Crippen LogP contribution in [0.15, 0.2) is 18.5 Å². The monoisotopic (exact) mass is 305 g/mol. The highest BCUT2D eigenvalue weighted by Crippen LogP contribution is 2.42. The SMILES string of the molecule is Clc1cnccc1CN1CC(C2CC2)NCC12CCCC2. The predicted molar refractivity (Wildman–Crippen MR) is 85.4 cm³/mol. The zero-order valence-corrected chi connectivity index (χ0v) is 13.3. The van der Waals surface area contributed by atoms with E-state index in [9.17, 15) is 0 Å². The fourth-order valence-corrected chi connectivity index (χ4v) is 4.42. The number of nitrogens with one attached hydrogen (secondary N) is 1. The van der Waals surface area contributed by atoms with Crippen LogP contribution in [0.4, 0.5) is 0 Å². The van der Waals surface area contributed by atoms with Gasteiger partial charge in [0.15, 0.2) is 0 Å². The van der Waals surface area contributed by atoms with Crippen LogP contribution in [0.2, 0.25) is 5.02 Å². The lowest BCUT2D eigenvalue weighted by Gasteiger charge is -2.48. The summed E-state index contributed by atoms with van der Waals surface area (Å²) in [5.74, 6) is 0.916. The third-order valence-electron chi connectivity index (χ3n) is 5.72. The molecular weight excluding hydrogens is 282 g/mol. The van der Waals surface area contributed by atoms with Crippen molar-refractivity contribution in [2.24, 2.45) is 5.92 Å². The molecular formula is C17H24ClN3. The van der Waals surface area contributed by atoms with E-state index in [-0.39, 0.29) is 0 Å². The molecule has 1 aliphatic heterocycles. The Kier molecular flexibility index (Phi) is 3.68. The minimum Gasteiger partial charge on any atom is -0.311 e. The molecule has 1 aromatic heterocycles. The van der Waals surface area contributed by atoms with Crippen molar-refractivity contribution in [2.45, 2.75) is 56.7 Å². The fourth-order valence-electron chi connectivity index (χ4n) is 4.24. The van der Waals surface area contributed by atoms with Gasteiger partial charge in [-0.2, -0.15) is 0 Å². The lowest BCUT2D eigenvalue weighted by molar-refractivity contribution is 0.0311. The average molecular weight is 306 g/mol. The predicted octanol–water partition coefficient (Wildman–Crippen LogP) is 3.23. The van der Waals surface area contributed by atoms with Gasteiger partial charge in [-0.3, -0.25) is 9.88 Å². The highest BCUT2D eigenvalue weighted by molar-refractivity contribution is 6.31. The third-order valence-corrected chi connectivity index (χ3v) is 6.06. The molecule has 114 valence electrons. The number of halogens is 1. The van der Waals surface area contributed by atoms with E-state index >= 15 is 0 Å². The first kappa shape index (κ1) is 14.0. The zero-order valence-electron chi connectivity index (χ0n) is 12.5. The van der Waals surface area contributed by atoms with E-state index in [1.165, 1.54) is 50.6 Å². The van der Waals surface area contributed by atoms with Gasteiger partial charge < -0.3 is 5.32 Å². The second kappa shape index (κ2) is 5.53. The van der Waals surface area contributed by atoms with Gasteiger partial charge in [0.2, 0.25) is 0 Å². The molecule has 0 radical (unpaired) electrons. The summed E-state index contributed by atoms with van der Waals surface area (Å²) in [6.45, 7) is 3.33. The molecule has 1 aromatic rings. The van der Waals surface area contributed by atoms with Crippen molar-refractivity contribution < 1.29 is 0 Å². The van der Waals surface area contributed by atoms with Crippen molar-refractivity contribution in [3.63, 3.8) is 0 Å². The van der Waals surface area contributed by atoms with E-state index in [0.717, 1.165) is 24.0 Å². The Labute approximate surface area is 132 Å². The van der Waals surface area contributed by atoms with Crippen molar-refractivity contribution >= 4 is 11.6 Å². The van der Waals surface area contributed by atoms with Crippen LogP contribution in [0.1, 0.15) is 44.1 Å². The molecule has 0 bridgehead atoms. The van der Waals surface area contributed by atoms with Gasteiger partial charge in [0.25, 0.3) is 0 Å². The van der Waals surface area contributed by atoms with Crippen LogP contribution in [0.3, 0.4) is 0 Å². The van der Waals surface area contributed by atoms with Gasteiger partial charge >= 0.3 is 0 Å². The van der Waals surface area contributed by atoms with E-state index in [1.807, 2.05) is 6.20 Å². The summed E-state index contributed by atoms with van der Waals surface area (Å²) in [5, 5.41) is 4.67. The maximum absolute atomic E-state index is 6.35. The maximum Gasteiger partial charge on any atom is 0.0634 e. The van der Waals surface area contributed by atoms with Gasteiger partial charge in [0.1, 0.15) is 0 Å². The minimum absolute atomic E-state index is 0.373. The molecule has 21 heavy (non-hydrogen) atoms. The van der Waals surface area contributed by atoms with Gasteiger partial charge in [-0.1, -0.05) is 24.4 Å². The Morgan fingerprint density at radius 2 is 2.14 bits per heavy atom. The highest BCUT2D eigenvalue weighted by Gasteiger charge is 2.46. The fraction of sp³-hybridized carbons (Fsp3) is 0.706. The lowest BCUT2D eigenvalue weighted by Crippen LogP contribution is -2.63. The van der Waals surface area contributed by atoms with Crippen LogP contribution in [-0.2, 0) is 6.54 Å². The smallest absolute Gasteiger partial charge is 0.0634 e. The second-order valence-corrected chi connectivity index (χ2v) is 7.51. The van der Waals surface area contributed by atoms with Gasteiger partial charge in [0, 0.05) is 43.6 Å². The summed E-state index contributed by atoms with van der Waals surface area (Å²) in [5.41, 5.74) is 1.60. The Balaban J connectivity index is 1.56. The number of hydrogen-bond donors (Lipinski definition) is 1. The first-order chi connectivity index (χ1) is 10.3. The van der Waals surface area contributed by atoms with Gasteiger partial charge in [-0.25, -0.2) is 0 Å². The maximum atomic E-state index is 6.35. The standard InChI is InChI=1S/C17H24ClN3/c18-15-9-19-8-5-14(15)10-21-11-16(13-3-4-13)20-12-17(21)6-1-2-7-17/h5,8-9,13,16,20H,1-4,6-7,10-12H2. The lowest BCUT2D eigenvalue weighted by atomic mass is 9.89. The summed E-state index contributed by atoms with van der Waals surface area (Å²) < 4.78 is 0. The van der Waals surface area contributed by atoms with Crippen molar-refractivity contribution in [3.8, 4) is 0 Å². The molecule has 2 aliphatic carbocycles. The quantitative estimate of drug-likeness (QED) is 0.929. The minimum atomic E-state index is 0.373. The highest BCUT2D eigenvalue weighted by atomic mass is 35.5. The van der Waals surface area contributed by atoms with Crippen LogP contribution in [0, 0.1) is 5.92 Å². The van der Waals surface area contributed by atoms with E-state index < -0.39 is 0 Å². The average Bonchev–Trinajstić information content (AvgIpc) is 3.24. The number of aromatic nitrogens is 1. The molecule has 2 heterocycles. The molecule has 1 atom stereocenters. The van der Waals surface area contributed by atoms with Crippen LogP contribution < -0.4 is 5.32 Å². The molecule has 1 unspecified atom stereocenters. The third kappa shape index (κ3) is 2.71. The number of nitrogens with zero attached hydrogens (tertiary/aromatic N) is 2. The first-order valence-corrected chi connectivity index (χ1v) is 8.71. The van der Waals surface area contributed by atoms with Crippen molar-refractivity contribution in [1.82, 2.24) is 15.2 Å². The van der Waals surface area contributed by atoms with Crippen LogP contribution >= 0.6 is 11.6 Å². The molecule has 1 spiro atoms. The van der Waals surface area contributed by atoms with Crippen LogP contribution in [-0.4, -0.2) is 34.6 Å². The topological polar surface area (TPSA) is 28.2 Å². The molecule has 3 aliphatic rings. The van der Waals surface area contributed by atoms with E-state index in [4.69, 9.17) is 11.6 Å². The van der Waals surface area contributed by atoms with Crippen LogP contribution in [0.25, 0.3) is 0 Å². The summed E-state index contributed by atoms with van der Waals surface area (Å²) in [6.07, 6.45) is 11.9. The number of piperazine rings is 1. The summed E-state index contributed by atoms with van der Waals surface area (Å²) in [7, 11) is 0. The molecule has 4 heteroatoms. The number of hydrogen-bond acceptors (Lipinski definition) is 3. The molecule has 2 saturated carbocycles. The largest absolute Gasteiger partial charge is 0.311 e. The summed E-state index contributed by atoms with van der Waals surface area (Å²) in [4.78, 5) is 6.85. The van der Waals surface area contributed by atoms with Gasteiger partial charge in [-0.15, -0.1) is 0 Å². The van der Waals surface area contributed by atoms with Crippen molar-refractivity contribution in [3.05, 3.63) is 29.0 Å². The van der Waals surface area contributed by atoms with E-state index in [1.54, 1.807) is 6.20 Å². The normalized spacial score (nSPS) is 29.1. The first-order valence-electron chi connectivity index (χ1n) is 8.34.